The van der Waals surface area contributed by atoms with Crippen molar-refractivity contribution in [3.05, 3.63) is 71.1 Å². The fraction of sp³-hybridized carbons (Fsp3) is 0.263. The van der Waals surface area contributed by atoms with Crippen LogP contribution in [0.5, 0.6) is 0 Å². The summed E-state index contributed by atoms with van der Waals surface area (Å²) in [6.45, 7) is 9.87. The highest BCUT2D eigenvalue weighted by atomic mass is 16.1. The smallest absolute Gasteiger partial charge is 0.168 e. The minimum Gasteiger partial charge on any atom is -0.296 e. The molecule has 0 fully saturated rings. The van der Waals surface area contributed by atoms with Gasteiger partial charge in [-0.25, -0.2) is 0 Å². The van der Waals surface area contributed by atoms with Crippen LogP contribution in [0, 0.1) is 6.92 Å². The van der Waals surface area contributed by atoms with Gasteiger partial charge in [-0.05, 0) is 42.5 Å². The highest BCUT2D eigenvalue weighted by Crippen LogP contribution is 2.14. The van der Waals surface area contributed by atoms with Gasteiger partial charge in [0.05, 0.1) is 0 Å². The molecule has 0 aliphatic rings. The van der Waals surface area contributed by atoms with Gasteiger partial charge in [0.15, 0.2) is 6.29 Å². The molecule has 0 bridgehead atoms. The lowest BCUT2D eigenvalue weighted by atomic mass is 10.0. The van der Waals surface area contributed by atoms with E-state index in [9.17, 15) is 4.79 Å². The predicted molar refractivity (Wildman–Crippen MR) is 89.7 cm³/mol. The summed E-state index contributed by atoms with van der Waals surface area (Å²) in [5.41, 5.74) is 5.15. The van der Waals surface area contributed by atoms with Crippen LogP contribution in [0.15, 0.2) is 43.1 Å². The maximum Gasteiger partial charge on any atom is 0.168 e. The summed E-state index contributed by atoms with van der Waals surface area (Å²) in [6, 6.07) is 10.3. The Balaban J connectivity index is 0.00000106. The van der Waals surface area contributed by atoms with Crippen LogP contribution in [0.2, 0.25) is 0 Å². The van der Waals surface area contributed by atoms with Crippen LogP contribution in [0.3, 0.4) is 0 Å². The molecule has 0 spiro atoms. The molecule has 1 aromatic heterocycles. The molecule has 2 heteroatoms. The molecule has 1 heterocycles. The van der Waals surface area contributed by atoms with Gasteiger partial charge in [0.25, 0.3) is 0 Å². The van der Waals surface area contributed by atoms with Crippen molar-refractivity contribution in [1.82, 2.24) is 4.98 Å². The molecule has 1 aromatic carbocycles. The third-order valence-corrected chi connectivity index (χ3v) is 3.19. The van der Waals surface area contributed by atoms with Crippen LogP contribution in [0.1, 0.15) is 46.6 Å². The Morgan fingerprint density at radius 2 is 1.81 bits per heavy atom. The molecule has 21 heavy (non-hydrogen) atoms. The number of hydrogen-bond donors (Lipinski definition) is 0. The molecule has 0 N–H and O–H groups in total. The van der Waals surface area contributed by atoms with Crippen molar-refractivity contribution in [2.24, 2.45) is 0 Å². The largest absolute Gasteiger partial charge is 0.296 e. The number of carbonyl (C=O) groups is 1. The fourth-order valence-electron chi connectivity index (χ4n) is 2.01. The van der Waals surface area contributed by atoms with E-state index in [1.165, 1.54) is 11.1 Å². The minimum atomic E-state index is 0.453. The zero-order valence-corrected chi connectivity index (χ0v) is 13.1. The van der Waals surface area contributed by atoms with Gasteiger partial charge < -0.3 is 0 Å². The third-order valence-electron chi connectivity index (χ3n) is 3.19. The van der Waals surface area contributed by atoms with Crippen LogP contribution >= 0.6 is 0 Å². The van der Waals surface area contributed by atoms with E-state index in [2.05, 4.69) is 42.8 Å². The number of aryl methyl sites for hydroxylation is 3. The van der Waals surface area contributed by atoms with Crippen LogP contribution in [0.4, 0.5) is 0 Å². The lowest BCUT2D eigenvalue weighted by molar-refractivity contribution is 0.111. The van der Waals surface area contributed by atoms with Crippen LogP contribution in [0.25, 0.3) is 6.08 Å². The second kappa shape index (κ2) is 8.85. The molecule has 0 atom stereocenters. The van der Waals surface area contributed by atoms with Crippen molar-refractivity contribution in [1.29, 1.82) is 0 Å². The Hall–Kier alpha value is -2.22. The van der Waals surface area contributed by atoms with Crippen molar-refractivity contribution in [2.75, 3.05) is 0 Å². The Morgan fingerprint density at radius 1 is 1.14 bits per heavy atom. The maximum atomic E-state index is 10.7. The van der Waals surface area contributed by atoms with E-state index < -0.39 is 0 Å². The number of pyridine rings is 1. The molecule has 2 aromatic rings. The number of nitrogens with zero attached hydrogens (tertiary/aromatic N) is 1. The van der Waals surface area contributed by atoms with Crippen LogP contribution < -0.4 is 0 Å². The first-order chi connectivity index (χ1) is 10.2. The van der Waals surface area contributed by atoms with Crippen molar-refractivity contribution in [2.45, 2.75) is 33.6 Å². The van der Waals surface area contributed by atoms with Gasteiger partial charge in [0, 0.05) is 6.20 Å². The topological polar surface area (TPSA) is 30.0 Å². The van der Waals surface area contributed by atoms with E-state index in [1.54, 1.807) is 18.3 Å². The summed E-state index contributed by atoms with van der Waals surface area (Å²) in [5, 5.41) is 0. The number of aldehydes is 1. The lowest BCUT2D eigenvalue weighted by Crippen LogP contribution is -1.98. The van der Waals surface area contributed by atoms with E-state index in [0.717, 1.165) is 30.3 Å². The lowest BCUT2D eigenvalue weighted by Gasteiger charge is -2.07. The monoisotopic (exact) mass is 281 g/mol. The zero-order chi connectivity index (χ0) is 15.7. The molecule has 0 aliphatic carbocycles. The molecule has 0 radical (unpaired) electrons. The van der Waals surface area contributed by atoms with Gasteiger partial charge in [-0.1, -0.05) is 56.3 Å². The molecular formula is C19H23NO. The van der Waals surface area contributed by atoms with Gasteiger partial charge in [0.1, 0.15) is 5.69 Å². The van der Waals surface area contributed by atoms with Gasteiger partial charge in [-0.2, -0.15) is 0 Å². The second-order valence-electron chi connectivity index (χ2n) is 4.62. The zero-order valence-electron chi connectivity index (χ0n) is 13.1. The molecule has 2 rings (SSSR count). The average molecular weight is 281 g/mol. The Kier molecular flexibility index (Phi) is 7.10. The maximum absolute atomic E-state index is 10.7. The quantitative estimate of drug-likeness (QED) is 0.746. The number of hydrogen-bond acceptors (Lipinski definition) is 2. The summed E-state index contributed by atoms with van der Waals surface area (Å²) in [5.74, 6) is 0. The van der Waals surface area contributed by atoms with Gasteiger partial charge in [0.2, 0.25) is 0 Å². The van der Waals surface area contributed by atoms with E-state index >= 15 is 0 Å². The Labute approximate surface area is 127 Å². The molecule has 0 saturated heterocycles. The van der Waals surface area contributed by atoms with Crippen molar-refractivity contribution in [3.63, 3.8) is 0 Å². The summed E-state index contributed by atoms with van der Waals surface area (Å²) in [7, 11) is 0. The first kappa shape index (κ1) is 16.8. The molecule has 110 valence electrons. The van der Waals surface area contributed by atoms with E-state index in [4.69, 9.17) is 0 Å². The second-order valence-corrected chi connectivity index (χ2v) is 4.62. The fourth-order valence-corrected chi connectivity index (χ4v) is 2.01. The minimum absolute atomic E-state index is 0.453. The van der Waals surface area contributed by atoms with E-state index in [1.807, 2.05) is 13.8 Å². The average Bonchev–Trinajstić information content (AvgIpc) is 2.56. The van der Waals surface area contributed by atoms with Gasteiger partial charge in [-0.3, -0.25) is 9.78 Å². The molecule has 0 aliphatic heterocycles. The summed E-state index contributed by atoms with van der Waals surface area (Å²) in [4.78, 5) is 14.8. The summed E-state index contributed by atoms with van der Waals surface area (Å²) < 4.78 is 0. The number of benzene rings is 1. The van der Waals surface area contributed by atoms with Crippen molar-refractivity contribution in [3.8, 4) is 0 Å². The number of carbonyl (C=O) groups excluding carboxylic acids is 1. The SMILES string of the molecule is C=Cc1cc(C=O)ncc1CCc1ccc(C)cc1.CC. The third kappa shape index (κ3) is 4.99. The first-order valence-corrected chi connectivity index (χ1v) is 7.35. The summed E-state index contributed by atoms with van der Waals surface area (Å²) >= 11 is 0. The Morgan fingerprint density at radius 3 is 2.38 bits per heavy atom. The highest BCUT2D eigenvalue weighted by Gasteiger charge is 2.03. The van der Waals surface area contributed by atoms with Crippen LogP contribution in [-0.2, 0) is 12.8 Å². The number of rotatable bonds is 5. The van der Waals surface area contributed by atoms with E-state index in [0.29, 0.717) is 5.69 Å². The van der Waals surface area contributed by atoms with Crippen molar-refractivity contribution >= 4 is 12.4 Å². The Bertz CT molecular complexity index is 585. The number of aromatic nitrogens is 1. The van der Waals surface area contributed by atoms with Crippen LogP contribution in [-0.4, -0.2) is 11.3 Å². The molecule has 2 nitrogen and oxygen atoms in total. The molecular weight excluding hydrogens is 258 g/mol. The normalized spacial score (nSPS) is 9.48. The highest BCUT2D eigenvalue weighted by molar-refractivity contribution is 5.73. The first-order valence-electron chi connectivity index (χ1n) is 7.35. The molecule has 0 amide bonds. The summed E-state index contributed by atoms with van der Waals surface area (Å²) in [6.07, 6.45) is 6.17. The standard InChI is InChI=1S/C17H17NO.C2H6/c1-3-15-10-17(12-19)18-11-16(15)9-8-14-6-4-13(2)5-7-14;1-2/h3-7,10-12H,1,8-9H2,2H3;1-2H3. The van der Waals surface area contributed by atoms with Gasteiger partial charge >= 0.3 is 0 Å². The molecule has 0 saturated carbocycles. The van der Waals surface area contributed by atoms with E-state index in [-0.39, 0.29) is 0 Å². The van der Waals surface area contributed by atoms with Crippen molar-refractivity contribution < 1.29 is 4.79 Å². The molecule has 0 unspecified atom stereocenters. The predicted octanol–water partition coefficient (Wildman–Crippen LogP) is 4.66. The van der Waals surface area contributed by atoms with Gasteiger partial charge in [-0.15, -0.1) is 0 Å².